The van der Waals surface area contributed by atoms with Gasteiger partial charge in [-0.15, -0.1) is 10.1 Å². The number of nitrogens with zero attached hydrogens (tertiary/aromatic N) is 1. The molecule has 0 spiro atoms. The van der Waals surface area contributed by atoms with Crippen LogP contribution >= 0.6 is 0 Å². The van der Waals surface area contributed by atoms with Crippen LogP contribution in [0.25, 0.3) is 0 Å². The van der Waals surface area contributed by atoms with Crippen LogP contribution < -0.4 is 0 Å². The minimum absolute atomic E-state index is 0.138. The van der Waals surface area contributed by atoms with E-state index in [2.05, 4.69) is 23.9 Å². The SMILES string of the molecule is CCCCCCCCC=CCCCCCCCC(=O)O[N+](=O)[O-]. The second kappa shape index (κ2) is 17.0. The van der Waals surface area contributed by atoms with E-state index in [1.165, 1.54) is 51.4 Å². The van der Waals surface area contributed by atoms with Gasteiger partial charge in [-0.2, -0.15) is 0 Å². The highest BCUT2D eigenvalue weighted by molar-refractivity contribution is 5.68. The summed E-state index contributed by atoms with van der Waals surface area (Å²) in [6.07, 6.45) is 20.1. The Bertz CT molecular complexity index is 329. The first kappa shape index (κ1) is 21.6. The molecule has 0 saturated carbocycles. The lowest BCUT2D eigenvalue weighted by atomic mass is 10.1. The molecule has 0 atom stereocenters. The molecule has 0 unspecified atom stereocenters. The van der Waals surface area contributed by atoms with Gasteiger partial charge in [0, 0.05) is 6.42 Å². The van der Waals surface area contributed by atoms with Gasteiger partial charge in [0.2, 0.25) is 0 Å². The first-order chi connectivity index (χ1) is 11.2. The number of rotatable bonds is 16. The fourth-order valence-electron chi connectivity index (χ4n) is 2.47. The normalized spacial score (nSPS) is 11.0. The zero-order chi connectivity index (χ0) is 17.2. The second-order valence-electron chi connectivity index (χ2n) is 6.02. The maximum Gasteiger partial charge on any atom is 0.303 e. The standard InChI is InChI=1S/C18H33NO4/c1-2-3-4-5-6-7-8-9-10-11-12-13-14-15-16-17-18(20)23-19(21)22/h9-10H,2-8,11-17H2,1H3. The summed E-state index contributed by atoms with van der Waals surface area (Å²) in [4.78, 5) is 24.7. The Kier molecular flexibility index (Phi) is 15.9. The molecule has 0 aromatic carbocycles. The van der Waals surface area contributed by atoms with Crippen LogP contribution in [0.5, 0.6) is 0 Å². The smallest absolute Gasteiger partial charge is 0.268 e. The Hall–Kier alpha value is -1.39. The summed E-state index contributed by atoms with van der Waals surface area (Å²) in [6.45, 7) is 2.24. The van der Waals surface area contributed by atoms with Gasteiger partial charge in [0.15, 0.2) is 0 Å². The summed E-state index contributed by atoms with van der Waals surface area (Å²) in [5.41, 5.74) is 0. The van der Waals surface area contributed by atoms with Crippen molar-refractivity contribution in [2.75, 3.05) is 0 Å². The maximum absolute atomic E-state index is 10.9. The highest BCUT2D eigenvalue weighted by Gasteiger charge is 2.06. The number of carbonyl (C=O) groups is 1. The molecule has 134 valence electrons. The number of carbonyl (C=O) groups excluding carboxylic acids is 1. The zero-order valence-electron chi connectivity index (χ0n) is 14.6. The van der Waals surface area contributed by atoms with Gasteiger partial charge in [-0.1, -0.05) is 70.4 Å². The third-order valence-electron chi connectivity index (χ3n) is 3.82. The van der Waals surface area contributed by atoms with Crippen LogP contribution in [-0.4, -0.2) is 11.1 Å². The van der Waals surface area contributed by atoms with Crippen molar-refractivity contribution in [1.82, 2.24) is 0 Å². The summed E-state index contributed by atoms with van der Waals surface area (Å²) >= 11 is 0. The molecule has 0 fully saturated rings. The summed E-state index contributed by atoms with van der Waals surface area (Å²) in [5.74, 6) is -0.743. The minimum atomic E-state index is -1.04. The Morgan fingerprint density at radius 1 is 0.870 bits per heavy atom. The van der Waals surface area contributed by atoms with Crippen molar-refractivity contribution in [1.29, 1.82) is 0 Å². The van der Waals surface area contributed by atoms with E-state index in [-0.39, 0.29) is 6.42 Å². The van der Waals surface area contributed by atoms with E-state index in [1.807, 2.05) is 0 Å². The van der Waals surface area contributed by atoms with Crippen LogP contribution in [0.2, 0.25) is 0 Å². The van der Waals surface area contributed by atoms with Gasteiger partial charge in [0.05, 0.1) is 0 Å². The fraction of sp³-hybridized carbons (Fsp3) is 0.833. The molecule has 0 saturated heterocycles. The molecular formula is C18H33NO4. The number of allylic oxidation sites excluding steroid dienone is 2. The van der Waals surface area contributed by atoms with Crippen molar-refractivity contribution in [3.05, 3.63) is 22.3 Å². The summed E-state index contributed by atoms with van der Waals surface area (Å²) in [6, 6.07) is 0. The molecule has 0 aliphatic heterocycles. The van der Waals surface area contributed by atoms with Crippen LogP contribution in [0.1, 0.15) is 96.8 Å². The Morgan fingerprint density at radius 2 is 1.35 bits per heavy atom. The molecule has 0 aromatic rings. The highest BCUT2D eigenvalue weighted by Crippen LogP contribution is 2.10. The van der Waals surface area contributed by atoms with E-state index >= 15 is 0 Å². The molecule has 0 amide bonds. The summed E-state index contributed by atoms with van der Waals surface area (Å²) < 4.78 is 0. The molecule has 0 aliphatic rings. The summed E-state index contributed by atoms with van der Waals surface area (Å²) in [5, 5.41) is 8.88. The van der Waals surface area contributed by atoms with Crippen molar-refractivity contribution in [2.24, 2.45) is 0 Å². The lowest BCUT2D eigenvalue weighted by molar-refractivity contribution is -0.729. The van der Waals surface area contributed by atoms with E-state index in [1.54, 1.807) is 0 Å². The monoisotopic (exact) mass is 327 g/mol. The van der Waals surface area contributed by atoms with Crippen molar-refractivity contribution < 1.29 is 14.7 Å². The number of hydrogen-bond donors (Lipinski definition) is 0. The largest absolute Gasteiger partial charge is 0.303 e. The molecular weight excluding hydrogens is 294 g/mol. The van der Waals surface area contributed by atoms with Gasteiger partial charge >= 0.3 is 11.1 Å². The van der Waals surface area contributed by atoms with E-state index in [4.69, 9.17) is 0 Å². The van der Waals surface area contributed by atoms with E-state index in [0.717, 1.165) is 25.7 Å². The third-order valence-corrected chi connectivity index (χ3v) is 3.82. The molecule has 5 nitrogen and oxygen atoms in total. The predicted molar refractivity (Wildman–Crippen MR) is 92.5 cm³/mol. The zero-order valence-corrected chi connectivity index (χ0v) is 14.6. The molecule has 0 aromatic heterocycles. The van der Waals surface area contributed by atoms with Crippen molar-refractivity contribution in [2.45, 2.75) is 96.8 Å². The number of unbranched alkanes of at least 4 members (excludes halogenated alkanes) is 11. The molecule has 0 N–H and O–H groups in total. The predicted octanol–water partition coefficient (Wildman–Crippen LogP) is 5.76. The molecule has 23 heavy (non-hydrogen) atoms. The maximum atomic E-state index is 10.9. The van der Waals surface area contributed by atoms with Crippen molar-refractivity contribution >= 4 is 5.97 Å². The second-order valence-corrected chi connectivity index (χ2v) is 6.02. The molecule has 5 heteroatoms. The highest BCUT2D eigenvalue weighted by atomic mass is 17.0. The Morgan fingerprint density at radius 3 is 1.87 bits per heavy atom. The first-order valence-electron chi connectivity index (χ1n) is 9.17. The summed E-state index contributed by atoms with van der Waals surface area (Å²) in [7, 11) is 0. The van der Waals surface area contributed by atoms with Crippen LogP contribution in [0.15, 0.2) is 12.2 Å². The lowest BCUT2D eigenvalue weighted by Gasteiger charge is -2.00. The Labute approximate surface area is 140 Å². The van der Waals surface area contributed by atoms with Crippen LogP contribution in [-0.2, 0) is 9.63 Å². The van der Waals surface area contributed by atoms with Gasteiger partial charge in [-0.3, -0.25) is 4.79 Å². The van der Waals surface area contributed by atoms with Crippen molar-refractivity contribution in [3.63, 3.8) is 0 Å². The first-order valence-corrected chi connectivity index (χ1v) is 9.17. The van der Waals surface area contributed by atoms with Crippen LogP contribution in [0.3, 0.4) is 0 Å². The van der Waals surface area contributed by atoms with Crippen LogP contribution in [0.4, 0.5) is 0 Å². The molecule has 0 radical (unpaired) electrons. The van der Waals surface area contributed by atoms with E-state index in [0.29, 0.717) is 6.42 Å². The van der Waals surface area contributed by atoms with Gasteiger partial charge in [-0.25, -0.2) is 4.84 Å². The average molecular weight is 327 g/mol. The third kappa shape index (κ3) is 18.6. The van der Waals surface area contributed by atoms with Crippen molar-refractivity contribution in [3.8, 4) is 0 Å². The van der Waals surface area contributed by atoms with E-state index < -0.39 is 11.1 Å². The van der Waals surface area contributed by atoms with Gasteiger partial charge in [-0.05, 0) is 32.1 Å². The molecule has 0 heterocycles. The van der Waals surface area contributed by atoms with Gasteiger partial charge < -0.3 is 0 Å². The average Bonchev–Trinajstić information content (AvgIpc) is 2.50. The topological polar surface area (TPSA) is 69.4 Å². The number of hydrogen-bond acceptors (Lipinski definition) is 4. The van der Waals surface area contributed by atoms with E-state index in [9.17, 15) is 14.9 Å². The van der Waals surface area contributed by atoms with Crippen LogP contribution in [0, 0.1) is 10.1 Å². The quantitative estimate of drug-likeness (QED) is 0.156. The molecule has 0 bridgehead atoms. The Balaban J connectivity index is 3.19. The van der Waals surface area contributed by atoms with Gasteiger partial charge in [0.1, 0.15) is 0 Å². The molecule has 0 aliphatic carbocycles. The minimum Gasteiger partial charge on any atom is -0.268 e. The fourth-order valence-corrected chi connectivity index (χ4v) is 2.47. The lowest BCUT2D eigenvalue weighted by Crippen LogP contribution is -2.09. The molecule has 0 rings (SSSR count). The van der Waals surface area contributed by atoms with Gasteiger partial charge in [0.25, 0.3) is 0 Å².